The van der Waals surface area contributed by atoms with E-state index in [2.05, 4.69) is 9.72 Å². The zero-order chi connectivity index (χ0) is 14.9. The second kappa shape index (κ2) is 5.32. The molecule has 1 N–H and O–H groups in total. The summed E-state index contributed by atoms with van der Waals surface area (Å²) in [6, 6.07) is 4.68. The molecule has 106 valence electrons. The summed E-state index contributed by atoms with van der Waals surface area (Å²) in [4.78, 5) is 26.9. The van der Waals surface area contributed by atoms with E-state index in [1.165, 1.54) is 19.2 Å². The summed E-state index contributed by atoms with van der Waals surface area (Å²) >= 11 is 0. The molecule has 20 heavy (non-hydrogen) atoms. The van der Waals surface area contributed by atoms with Crippen LogP contribution in [-0.4, -0.2) is 33.7 Å². The molecule has 0 aliphatic heterocycles. The van der Waals surface area contributed by atoms with Crippen LogP contribution in [-0.2, 0) is 16.1 Å². The van der Waals surface area contributed by atoms with E-state index in [9.17, 15) is 9.59 Å². The lowest BCUT2D eigenvalue weighted by Crippen LogP contribution is -2.14. The SMILES string of the molecule is COC(=O)Cn1c(C(C)C)nc2cc(C(=O)O)ccc21. The number of aromatic carboxylic acids is 1. The predicted molar refractivity (Wildman–Crippen MR) is 72.8 cm³/mol. The zero-order valence-electron chi connectivity index (χ0n) is 11.6. The number of nitrogens with zero attached hydrogens (tertiary/aromatic N) is 2. The summed E-state index contributed by atoms with van der Waals surface area (Å²) in [5.41, 5.74) is 1.47. The summed E-state index contributed by atoms with van der Waals surface area (Å²) in [6.45, 7) is 3.99. The van der Waals surface area contributed by atoms with E-state index in [0.717, 1.165) is 11.3 Å². The molecule has 0 aliphatic carbocycles. The molecule has 6 heteroatoms. The van der Waals surface area contributed by atoms with Crippen LogP contribution in [0.1, 0.15) is 35.9 Å². The Morgan fingerprint density at radius 2 is 2.10 bits per heavy atom. The molecule has 0 atom stereocenters. The van der Waals surface area contributed by atoms with Crippen LogP contribution in [0, 0.1) is 0 Å². The van der Waals surface area contributed by atoms with Gasteiger partial charge < -0.3 is 14.4 Å². The fraction of sp³-hybridized carbons (Fsp3) is 0.357. The van der Waals surface area contributed by atoms with Crippen LogP contribution < -0.4 is 0 Å². The summed E-state index contributed by atoms with van der Waals surface area (Å²) in [5, 5.41) is 9.00. The molecule has 2 aromatic rings. The number of ether oxygens (including phenoxy) is 1. The smallest absolute Gasteiger partial charge is 0.335 e. The molecule has 0 fully saturated rings. The molecule has 0 saturated carbocycles. The highest BCUT2D eigenvalue weighted by Crippen LogP contribution is 2.23. The Kier molecular flexibility index (Phi) is 3.74. The molecule has 1 aromatic carbocycles. The lowest BCUT2D eigenvalue weighted by atomic mass is 10.2. The first-order valence-electron chi connectivity index (χ1n) is 6.24. The van der Waals surface area contributed by atoms with Crippen molar-refractivity contribution < 1.29 is 19.4 Å². The number of carbonyl (C=O) groups excluding carboxylic acids is 1. The number of rotatable bonds is 4. The molecule has 0 bridgehead atoms. The van der Waals surface area contributed by atoms with Crippen molar-refractivity contribution in [3.63, 3.8) is 0 Å². The number of carboxylic acids is 1. The van der Waals surface area contributed by atoms with Gasteiger partial charge in [-0.1, -0.05) is 13.8 Å². The van der Waals surface area contributed by atoms with Gasteiger partial charge in [0.1, 0.15) is 12.4 Å². The minimum Gasteiger partial charge on any atom is -0.478 e. The van der Waals surface area contributed by atoms with Crippen LogP contribution in [0.4, 0.5) is 0 Å². The Morgan fingerprint density at radius 3 is 2.65 bits per heavy atom. The average molecular weight is 276 g/mol. The highest BCUT2D eigenvalue weighted by molar-refractivity contribution is 5.92. The van der Waals surface area contributed by atoms with Crippen molar-refractivity contribution in [3.8, 4) is 0 Å². The molecule has 6 nitrogen and oxygen atoms in total. The first kappa shape index (κ1) is 14.0. The molecule has 0 spiro atoms. The fourth-order valence-electron chi connectivity index (χ4n) is 2.08. The molecular formula is C14H16N2O4. The number of carboxylic acid groups (broad SMARTS) is 1. The van der Waals surface area contributed by atoms with Crippen molar-refractivity contribution in [1.29, 1.82) is 0 Å². The van der Waals surface area contributed by atoms with Gasteiger partial charge in [0, 0.05) is 5.92 Å². The number of methoxy groups -OCH3 is 1. The van der Waals surface area contributed by atoms with Crippen LogP contribution in [0.25, 0.3) is 11.0 Å². The lowest BCUT2D eigenvalue weighted by Gasteiger charge is -2.09. The molecular weight excluding hydrogens is 260 g/mol. The van der Waals surface area contributed by atoms with Crippen molar-refractivity contribution in [2.45, 2.75) is 26.3 Å². The summed E-state index contributed by atoms with van der Waals surface area (Å²) < 4.78 is 6.45. The maximum Gasteiger partial charge on any atom is 0.335 e. The number of imidazole rings is 1. The Hall–Kier alpha value is -2.37. The zero-order valence-corrected chi connectivity index (χ0v) is 11.6. The van der Waals surface area contributed by atoms with Gasteiger partial charge in [0.05, 0.1) is 23.7 Å². The van der Waals surface area contributed by atoms with Gasteiger partial charge in [-0.25, -0.2) is 9.78 Å². The summed E-state index contributed by atoms with van der Waals surface area (Å²) in [7, 11) is 1.33. The summed E-state index contributed by atoms with van der Waals surface area (Å²) in [5.74, 6) is -0.526. The number of esters is 1. The van der Waals surface area contributed by atoms with Crippen molar-refractivity contribution in [3.05, 3.63) is 29.6 Å². The van der Waals surface area contributed by atoms with Crippen molar-refractivity contribution in [2.24, 2.45) is 0 Å². The molecule has 0 unspecified atom stereocenters. The third kappa shape index (κ3) is 2.49. The molecule has 0 radical (unpaired) electrons. The first-order chi connectivity index (χ1) is 9.43. The van der Waals surface area contributed by atoms with Gasteiger partial charge >= 0.3 is 11.9 Å². The Morgan fingerprint density at radius 1 is 1.40 bits per heavy atom. The predicted octanol–water partition coefficient (Wildman–Crippen LogP) is 2.03. The van der Waals surface area contributed by atoms with E-state index in [0.29, 0.717) is 5.52 Å². The highest BCUT2D eigenvalue weighted by atomic mass is 16.5. The van der Waals surface area contributed by atoms with Crippen molar-refractivity contribution in [2.75, 3.05) is 7.11 Å². The minimum absolute atomic E-state index is 0.0624. The Bertz CT molecular complexity index is 673. The van der Waals surface area contributed by atoms with Gasteiger partial charge in [-0.15, -0.1) is 0 Å². The standard InChI is InChI=1S/C14H16N2O4/c1-8(2)13-15-10-6-9(14(18)19)4-5-11(10)16(13)7-12(17)20-3/h4-6,8H,7H2,1-3H3,(H,18,19). The third-order valence-corrected chi connectivity index (χ3v) is 3.06. The monoisotopic (exact) mass is 276 g/mol. The maximum absolute atomic E-state index is 11.5. The van der Waals surface area contributed by atoms with Gasteiger partial charge in [0.2, 0.25) is 0 Å². The van der Waals surface area contributed by atoms with E-state index in [1.807, 2.05) is 13.8 Å². The van der Waals surface area contributed by atoms with E-state index in [-0.39, 0.29) is 24.0 Å². The Balaban J connectivity index is 2.60. The second-order valence-electron chi connectivity index (χ2n) is 4.80. The van der Waals surface area contributed by atoms with E-state index < -0.39 is 5.97 Å². The van der Waals surface area contributed by atoms with Gasteiger partial charge in [0.25, 0.3) is 0 Å². The van der Waals surface area contributed by atoms with Crippen molar-refractivity contribution in [1.82, 2.24) is 9.55 Å². The van der Waals surface area contributed by atoms with Crippen molar-refractivity contribution >= 4 is 23.0 Å². The summed E-state index contributed by atoms with van der Waals surface area (Å²) in [6.07, 6.45) is 0. The fourth-order valence-corrected chi connectivity index (χ4v) is 2.08. The number of hydrogen-bond donors (Lipinski definition) is 1. The molecule has 0 aliphatic rings. The topological polar surface area (TPSA) is 81.4 Å². The van der Waals surface area contributed by atoms with Crippen LogP contribution in [0.2, 0.25) is 0 Å². The molecule has 0 saturated heterocycles. The minimum atomic E-state index is -1.000. The average Bonchev–Trinajstić information content (AvgIpc) is 2.76. The molecule has 1 aromatic heterocycles. The number of carbonyl (C=O) groups is 2. The van der Waals surface area contributed by atoms with Gasteiger partial charge in [-0.05, 0) is 18.2 Å². The third-order valence-electron chi connectivity index (χ3n) is 3.06. The van der Waals surface area contributed by atoms with Crippen LogP contribution in [0.5, 0.6) is 0 Å². The highest BCUT2D eigenvalue weighted by Gasteiger charge is 2.17. The number of aromatic nitrogens is 2. The van der Waals surface area contributed by atoms with E-state index in [1.54, 1.807) is 10.6 Å². The second-order valence-corrected chi connectivity index (χ2v) is 4.80. The van der Waals surface area contributed by atoms with Gasteiger partial charge in [-0.2, -0.15) is 0 Å². The normalized spacial score (nSPS) is 11.0. The number of fused-ring (bicyclic) bond motifs is 1. The van der Waals surface area contributed by atoms with E-state index in [4.69, 9.17) is 5.11 Å². The van der Waals surface area contributed by atoms with Crippen LogP contribution in [0.15, 0.2) is 18.2 Å². The van der Waals surface area contributed by atoms with E-state index >= 15 is 0 Å². The molecule has 1 heterocycles. The Labute approximate surface area is 116 Å². The van der Waals surface area contributed by atoms with Gasteiger partial charge in [-0.3, -0.25) is 4.79 Å². The first-order valence-corrected chi connectivity index (χ1v) is 6.24. The lowest BCUT2D eigenvalue weighted by molar-refractivity contribution is -0.141. The largest absolute Gasteiger partial charge is 0.478 e. The number of hydrogen-bond acceptors (Lipinski definition) is 4. The molecule has 2 rings (SSSR count). The van der Waals surface area contributed by atoms with Crippen LogP contribution >= 0.6 is 0 Å². The number of benzene rings is 1. The maximum atomic E-state index is 11.5. The molecule has 0 amide bonds. The van der Waals surface area contributed by atoms with Gasteiger partial charge in [0.15, 0.2) is 0 Å². The van der Waals surface area contributed by atoms with Crippen LogP contribution in [0.3, 0.4) is 0 Å². The quantitative estimate of drug-likeness (QED) is 0.864.